The van der Waals surface area contributed by atoms with Crippen LogP contribution in [0.25, 0.3) is 11.1 Å². The van der Waals surface area contributed by atoms with E-state index in [1.807, 2.05) is 18.7 Å². The minimum Gasteiger partial charge on any atom is -0.333 e. The van der Waals surface area contributed by atoms with Gasteiger partial charge in [-0.15, -0.1) is 0 Å². The van der Waals surface area contributed by atoms with E-state index in [1.165, 1.54) is 22.3 Å². The zero-order chi connectivity index (χ0) is 13.8. The molecule has 0 aliphatic rings. The number of aromatic nitrogens is 2. The van der Waals surface area contributed by atoms with Crippen LogP contribution in [0.3, 0.4) is 0 Å². The van der Waals surface area contributed by atoms with E-state index in [9.17, 15) is 0 Å². The Morgan fingerprint density at radius 1 is 0.900 bits per heavy atom. The minimum atomic E-state index is 0.855. The molecule has 0 N–H and O–H groups in total. The number of hydrogen-bond donors (Lipinski definition) is 0. The highest BCUT2D eigenvalue weighted by atomic mass is 15.0. The average Bonchev–Trinajstić information content (AvgIpc) is 3.01. The average molecular weight is 262 g/mol. The Labute approximate surface area is 119 Å². The molecule has 0 aliphatic carbocycles. The summed E-state index contributed by atoms with van der Waals surface area (Å²) in [5.41, 5.74) is 5.38. The first-order valence-corrected chi connectivity index (χ1v) is 7.00. The smallest absolute Gasteiger partial charge is 0.0949 e. The summed E-state index contributed by atoms with van der Waals surface area (Å²) in [6.45, 7) is 3.06. The Balaban J connectivity index is 2.05. The maximum absolute atomic E-state index is 4.12. The van der Waals surface area contributed by atoms with Crippen molar-refractivity contribution in [1.82, 2.24) is 9.55 Å². The van der Waals surface area contributed by atoms with Crippen LogP contribution < -0.4 is 0 Å². The fourth-order valence-corrected chi connectivity index (χ4v) is 2.59. The highest BCUT2D eigenvalue weighted by Gasteiger charge is 2.08. The molecule has 100 valence electrons. The summed E-state index contributed by atoms with van der Waals surface area (Å²) in [5.74, 6) is 0. The first kappa shape index (κ1) is 12.7. The molecule has 0 spiro atoms. The second kappa shape index (κ2) is 5.74. The number of aryl methyl sites for hydroxylation is 1. The lowest BCUT2D eigenvalue weighted by Gasteiger charge is -2.13. The zero-order valence-electron chi connectivity index (χ0n) is 11.7. The third kappa shape index (κ3) is 2.50. The summed E-state index contributed by atoms with van der Waals surface area (Å²) in [4.78, 5) is 4.12. The lowest BCUT2D eigenvalue weighted by atomic mass is 9.94. The predicted molar refractivity (Wildman–Crippen MR) is 82.6 cm³/mol. The largest absolute Gasteiger partial charge is 0.333 e. The summed E-state index contributed by atoms with van der Waals surface area (Å²) >= 11 is 0. The number of hydrogen-bond acceptors (Lipinski definition) is 1. The van der Waals surface area contributed by atoms with Gasteiger partial charge in [0.05, 0.1) is 6.33 Å². The van der Waals surface area contributed by atoms with Crippen molar-refractivity contribution in [2.24, 2.45) is 0 Å². The van der Waals surface area contributed by atoms with Gasteiger partial charge in [0.25, 0.3) is 0 Å². The molecule has 2 aromatic carbocycles. The van der Waals surface area contributed by atoms with Gasteiger partial charge in [-0.3, -0.25) is 0 Å². The molecular formula is C18H18N2. The molecular weight excluding hydrogens is 244 g/mol. The quantitative estimate of drug-likeness (QED) is 0.690. The van der Waals surface area contributed by atoms with Gasteiger partial charge in [-0.1, -0.05) is 55.5 Å². The number of rotatable bonds is 4. The summed E-state index contributed by atoms with van der Waals surface area (Å²) in [7, 11) is 0. The van der Waals surface area contributed by atoms with E-state index in [4.69, 9.17) is 0 Å². The Hall–Kier alpha value is -2.35. The molecule has 2 heteroatoms. The van der Waals surface area contributed by atoms with Crippen LogP contribution in [-0.2, 0) is 13.0 Å². The summed E-state index contributed by atoms with van der Waals surface area (Å²) in [6.07, 6.45) is 6.74. The third-order valence-electron chi connectivity index (χ3n) is 3.62. The Morgan fingerprint density at radius 3 is 2.20 bits per heavy atom. The fourth-order valence-electron chi connectivity index (χ4n) is 2.59. The van der Waals surface area contributed by atoms with Crippen molar-refractivity contribution >= 4 is 0 Å². The number of nitrogens with zero attached hydrogens (tertiary/aromatic N) is 2. The molecule has 0 unspecified atom stereocenters. The van der Waals surface area contributed by atoms with Gasteiger partial charge in [-0.25, -0.2) is 4.98 Å². The zero-order valence-corrected chi connectivity index (χ0v) is 11.7. The maximum Gasteiger partial charge on any atom is 0.0949 e. The van der Waals surface area contributed by atoms with Gasteiger partial charge in [0, 0.05) is 18.9 Å². The highest BCUT2D eigenvalue weighted by molar-refractivity contribution is 5.70. The van der Waals surface area contributed by atoms with Gasteiger partial charge >= 0.3 is 0 Å². The number of imidazole rings is 1. The number of benzene rings is 2. The fraction of sp³-hybridized carbons (Fsp3) is 0.167. The van der Waals surface area contributed by atoms with Gasteiger partial charge in [0.1, 0.15) is 0 Å². The molecule has 0 atom stereocenters. The minimum absolute atomic E-state index is 0.855. The second-order valence-electron chi connectivity index (χ2n) is 4.90. The van der Waals surface area contributed by atoms with Crippen LogP contribution in [0.2, 0.25) is 0 Å². The van der Waals surface area contributed by atoms with Crippen molar-refractivity contribution in [3.63, 3.8) is 0 Å². The molecule has 20 heavy (non-hydrogen) atoms. The van der Waals surface area contributed by atoms with Crippen LogP contribution >= 0.6 is 0 Å². The molecule has 1 heterocycles. The second-order valence-corrected chi connectivity index (χ2v) is 4.90. The van der Waals surface area contributed by atoms with E-state index in [2.05, 4.69) is 65.0 Å². The van der Waals surface area contributed by atoms with Crippen LogP contribution in [0.5, 0.6) is 0 Å². The van der Waals surface area contributed by atoms with Crippen molar-refractivity contribution in [3.8, 4) is 11.1 Å². The van der Waals surface area contributed by atoms with Crippen molar-refractivity contribution < 1.29 is 0 Å². The Kier molecular flexibility index (Phi) is 3.64. The molecule has 3 aromatic rings. The first-order valence-electron chi connectivity index (χ1n) is 7.00. The van der Waals surface area contributed by atoms with Gasteiger partial charge in [0.15, 0.2) is 0 Å². The maximum atomic E-state index is 4.12. The van der Waals surface area contributed by atoms with E-state index < -0.39 is 0 Å². The molecule has 3 rings (SSSR count). The molecule has 0 saturated carbocycles. The Bertz CT molecular complexity index is 684. The predicted octanol–water partition coefficient (Wildman–Crippen LogP) is 4.16. The molecule has 0 amide bonds. The lowest BCUT2D eigenvalue weighted by molar-refractivity contribution is 0.798. The topological polar surface area (TPSA) is 17.8 Å². The summed E-state index contributed by atoms with van der Waals surface area (Å²) in [6, 6.07) is 17.3. The van der Waals surface area contributed by atoms with E-state index >= 15 is 0 Å². The van der Waals surface area contributed by atoms with Crippen LogP contribution in [-0.4, -0.2) is 9.55 Å². The van der Waals surface area contributed by atoms with Crippen LogP contribution in [0.1, 0.15) is 18.1 Å². The van der Waals surface area contributed by atoms with Crippen LogP contribution in [0.15, 0.2) is 67.3 Å². The third-order valence-corrected chi connectivity index (χ3v) is 3.62. The first-order chi connectivity index (χ1) is 9.88. The van der Waals surface area contributed by atoms with Crippen molar-refractivity contribution in [3.05, 3.63) is 78.4 Å². The summed E-state index contributed by atoms with van der Waals surface area (Å²) < 4.78 is 2.10. The molecule has 0 fully saturated rings. The molecule has 0 saturated heterocycles. The highest BCUT2D eigenvalue weighted by Crippen LogP contribution is 2.28. The molecule has 1 aromatic heterocycles. The van der Waals surface area contributed by atoms with Crippen molar-refractivity contribution in [2.45, 2.75) is 19.9 Å². The molecule has 0 radical (unpaired) electrons. The van der Waals surface area contributed by atoms with Gasteiger partial charge < -0.3 is 4.57 Å². The van der Waals surface area contributed by atoms with Gasteiger partial charge in [0.2, 0.25) is 0 Å². The molecule has 0 aliphatic heterocycles. The van der Waals surface area contributed by atoms with Gasteiger partial charge in [-0.2, -0.15) is 0 Å². The van der Waals surface area contributed by atoms with Crippen LogP contribution in [0, 0.1) is 0 Å². The lowest BCUT2D eigenvalue weighted by Crippen LogP contribution is -1.99. The summed E-state index contributed by atoms with van der Waals surface area (Å²) in [5, 5.41) is 0. The van der Waals surface area contributed by atoms with Crippen molar-refractivity contribution in [2.75, 3.05) is 0 Å². The van der Waals surface area contributed by atoms with Crippen molar-refractivity contribution in [1.29, 1.82) is 0 Å². The molecule has 2 nitrogen and oxygen atoms in total. The standard InChI is InChI=1S/C18H18N2/c1-2-15-7-3-5-9-17(15)18-10-6-4-8-16(18)13-20-12-11-19-14-20/h3-12,14H,2,13H2,1H3. The molecule has 0 bridgehead atoms. The van der Waals surface area contributed by atoms with E-state index in [1.54, 1.807) is 0 Å². The van der Waals surface area contributed by atoms with E-state index in [0.29, 0.717) is 0 Å². The van der Waals surface area contributed by atoms with E-state index in [-0.39, 0.29) is 0 Å². The SMILES string of the molecule is CCc1ccccc1-c1ccccc1Cn1ccnc1. The Morgan fingerprint density at radius 2 is 1.55 bits per heavy atom. The monoisotopic (exact) mass is 262 g/mol. The van der Waals surface area contributed by atoms with Gasteiger partial charge in [-0.05, 0) is 28.7 Å². The van der Waals surface area contributed by atoms with E-state index in [0.717, 1.165) is 13.0 Å². The normalized spacial score (nSPS) is 10.7. The van der Waals surface area contributed by atoms with Crippen LogP contribution in [0.4, 0.5) is 0 Å².